The van der Waals surface area contributed by atoms with Crippen LogP contribution in [0.4, 0.5) is 8.78 Å². The van der Waals surface area contributed by atoms with Crippen molar-refractivity contribution in [3.63, 3.8) is 0 Å². The van der Waals surface area contributed by atoms with Crippen molar-refractivity contribution in [3.05, 3.63) is 48.2 Å². The van der Waals surface area contributed by atoms with Gasteiger partial charge in [0.1, 0.15) is 23.1 Å². The molecule has 0 N–H and O–H groups in total. The van der Waals surface area contributed by atoms with Crippen molar-refractivity contribution in [1.29, 1.82) is 0 Å². The summed E-state index contributed by atoms with van der Waals surface area (Å²) in [5.74, 6) is -0.794. The first kappa shape index (κ1) is 10.5. The molecular weight excluding hydrogens is 212 g/mol. The van der Waals surface area contributed by atoms with E-state index in [1.165, 1.54) is 19.2 Å². The maximum absolute atomic E-state index is 13.0. The van der Waals surface area contributed by atoms with E-state index in [1.54, 1.807) is 18.3 Å². The van der Waals surface area contributed by atoms with E-state index < -0.39 is 11.6 Å². The van der Waals surface area contributed by atoms with E-state index in [-0.39, 0.29) is 0 Å². The topological polar surface area (TPSA) is 22.1 Å². The summed E-state index contributed by atoms with van der Waals surface area (Å²) in [6.07, 6.45) is 1.54. The average Bonchev–Trinajstić information content (AvgIpc) is 2.27. The molecule has 0 saturated heterocycles. The smallest absolute Gasteiger partial charge is 0.145 e. The van der Waals surface area contributed by atoms with Crippen LogP contribution in [0.2, 0.25) is 0 Å². The fraction of sp³-hybridized carbons (Fsp3) is 0.0833. The first-order chi connectivity index (χ1) is 7.70. The molecule has 1 aromatic carbocycles. The lowest BCUT2D eigenvalue weighted by molar-refractivity contribution is 0.415. The molecule has 0 aliphatic heterocycles. The summed E-state index contributed by atoms with van der Waals surface area (Å²) in [6, 6.07) is 6.63. The van der Waals surface area contributed by atoms with Gasteiger partial charge in [-0.25, -0.2) is 8.78 Å². The summed E-state index contributed by atoms with van der Waals surface area (Å²) in [4.78, 5) is 4.04. The lowest BCUT2D eigenvalue weighted by atomic mass is 10.1. The van der Waals surface area contributed by atoms with Crippen LogP contribution in [0.3, 0.4) is 0 Å². The number of methoxy groups -OCH3 is 1. The fourth-order valence-electron chi connectivity index (χ4n) is 1.46. The maximum Gasteiger partial charge on any atom is 0.145 e. The maximum atomic E-state index is 13.0. The van der Waals surface area contributed by atoms with Gasteiger partial charge in [-0.2, -0.15) is 0 Å². The first-order valence-electron chi connectivity index (χ1n) is 4.66. The molecule has 2 nitrogen and oxygen atoms in total. The van der Waals surface area contributed by atoms with Gasteiger partial charge in [0, 0.05) is 17.8 Å². The third kappa shape index (κ3) is 2.00. The molecule has 2 aromatic rings. The van der Waals surface area contributed by atoms with E-state index in [9.17, 15) is 8.78 Å². The predicted molar refractivity (Wildman–Crippen MR) is 56.1 cm³/mol. The molecule has 0 spiro atoms. The van der Waals surface area contributed by atoms with Gasteiger partial charge in [0.25, 0.3) is 0 Å². The molecule has 0 radical (unpaired) electrons. The minimum absolute atomic E-state index is 0.356. The number of hydrogen-bond acceptors (Lipinski definition) is 2. The van der Waals surface area contributed by atoms with Gasteiger partial charge in [-0.1, -0.05) is 0 Å². The molecule has 16 heavy (non-hydrogen) atoms. The second kappa shape index (κ2) is 4.26. The minimum Gasteiger partial charge on any atom is -0.494 e. The molecule has 0 unspecified atom stereocenters. The Kier molecular flexibility index (Phi) is 2.81. The van der Waals surface area contributed by atoms with E-state index in [0.717, 1.165) is 6.07 Å². The third-order valence-electron chi connectivity index (χ3n) is 2.13. The van der Waals surface area contributed by atoms with Crippen LogP contribution in [-0.2, 0) is 0 Å². The van der Waals surface area contributed by atoms with Crippen molar-refractivity contribution in [3.8, 4) is 17.0 Å². The Morgan fingerprint density at radius 2 is 1.81 bits per heavy atom. The van der Waals surface area contributed by atoms with Crippen molar-refractivity contribution in [2.24, 2.45) is 0 Å². The first-order valence-corrected chi connectivity index (χ1v) is 4.66. The normalized spacial score (nSPS) is 10.2. The largest absolute Gasteiger partial charge is 0.494 e. The second-order valence-corrected chi connectivity index (χ2v) is 3.21. The van der Waals surface area contributed by atoms with Crippen molar-refractivity contribution in [2.75, 3.05) is 7.11 Å². The predicted octanol–water partition coefficient (Wildman–Crippen LogP) is 3.04. The molecule has 0 saturated carbocycles. The Morgan fingerprint density at radius 1 is 1.12 bits per heavy atom. The van der Waals surface area contributed by atoms with E-state index in [4.69, 9.17) is 4.74 Å². The molecule has 4 heteroatoms. The van der Waals surface area contributed by atoms with Gasteiger partial charge in [0.15, 0.2) is 0 Å². The summed E-state index contributed by atoms with van der Waals surface area (Å²) in [7, 11) is 1.48. The Balaban J connectivity index is 2.58. The van der Waals surface area contributed by atoms with Gasteiger partial charge in [-0.3, -0.25) is 4.98 Å². The number of halogens is 2. The van der Waals surface area contributed by atoms with Crippen LogP contribution in [0.15, 0.2) is 36.5 Å². The fourth-order valence-corrected chi connectivity index (χ4v) is 1.46. The highest BCUT2D eigenvalue weighted by Crippen LogP contribution is 2.28. The lowest BCUT2D eigenvalue weighted by Crippen LogP contribution is -1.92. The van der Waals surface area contributed by atoms with Crippen molar-refractivity contribution in [1.82, 2.24) is 4.98 Å². The number of ether oxygens (including phenoxy) is 1. The zero-order chi connectivity index (χ0) is 11.5. The number of nitrogens with zero attached hydrogens (tertiary/aromatic N) is 1. The lowest BCUT2D eigenvalue weighted by Gasteiger charge is -2.07. The number of pyridine rings is 1. The Morgan fingerprint density at radius 3 is 2.44 bits per heavy atom. The highest BCUT2D eigenvalue weighted by atomic mass is 19.1. The summed E-state index contributed by atoms with van der Waals surface area (Å²) in [5, 5.41) is 0. The van der Waals surface area contributed by atoms with Gasteiger partial charge >= 0.3 is 0 Å². The molecule has 0 atom stereocenters. The number of rotatable bonds is 2. The molecule has 82 valence electrons. The minimum atomic E-state index is -0.636. The van der Waals surface area contributed by atoms with Crippen molar-refractivity contribution < 1.29 is 13.5 Å². The third-order valence-corrected chi connectivity index (χ3v) is 2.13. The Hall–Kier alpha value is -1.97. The molecule has 0 aliphatic carbocycles. The van der Waals surface area contributed by atoms with Crippen LogP contribution in [0.1, 0.15) is 0 Å². The van der Waals surface area contributed by atoms with Crippen LogP contribution in [0.25, 0.3) is 11.3 Å². The SMILES string of the molecule is COc1cccnc1-c1cc(F)cc(F)c1. The number of benzene rings is 1. The van der Waals surface area contributed by atoms with Crippen LogP contribution < -0.4 is 4.74 Å². The zero-order valence-electron chi connectivity index (χ0n) is 8.58. The monoisotopic (exact) mass is 221 g/mol. The molecule has 1 aromatic heterocycles. The molecular formula is C12H9F2NO. The van der Waals surface area contributed by atoms with Gasteiger partial charge in [0.2, 0.25) is 0 Å². The van der Waals surface area contributed by atoms with Crippen molar-refractivity contribution >= 4 is 0 Å². The van der Waals surface area contributed by atoms with Gasteiger partial charge in [-0.05, 0) is 24.3 Å². The van der Waals surface area contributed by atoms with E-state index >= 15 is 0 Å². The van der Waals surface area contributed by atoms with Crippen molar-refractivity contribution in [2.45, 2.75) is 0 Å². The quantitative estimate of drug-likeness (QED) is 0.777. The number of hydrogen-bond donors (Lipinski definition) is 0. The summed E-state index contributed by atoms with van der Waals surface area (Å²) in [5.41, 5.74) is 0.776. The van der Waals surface area contributed by atoms with E-state index in [0.29, 0.717) is 17.0 Å². The van der Waals surface area contributed by atoms with Crippen LogP contribution in [0, 0.1) is 11.6 Å². The standard InChI is InChI=1S/C12H9F2NO/c1-16-11-3-2-4-15-12(11)8-5-9(13)7-10(14)6-8/h2-7H,1H3. The van der Waals surface area contributed by atoms with Gasteiger partial charge < -0.3 is 4.74 Å². The van der Waals surface area contributed by atoms with Crippen LogP contribution in [0.5, 0.6) is 5.75 Å². The van der Waals surface area contributed by atoms with E-state index in [2.05, 4.69) is 4.98 Å². The molecule has 2 rings (SSSR count). The zero-order valence-corrected chi connectivity index (χ0v) is 8.58. The Labute approximate surface area is 91.5 Å². The molecule has 0 amide bonds. The van der Waals surface area contributed by atoms with Gasteiger partial charge in [0.05, 0.1) is 7.11 Å². The van der Waals surface area contributed by atoms with Crippen LogP contribution >= 0.6 is 0 Å². The molecule has 1 heterocycles. The van der Waals surface area contributed by atoms with Gasteiger partial charge in [-0.15, -0.1) is 0 Å². The molecule has 0 aliphatic rings. The summed E-state index contributed by atoms with van der Waals surface area (Å²) in [6.45, 7) is 0. The highest BCUT2D eigenvalue weighted by Gasteiger charge is 2.09. The van der Waals surface area contributed by atoms with Crippen LogP contribution in [-0.4, -0.2) is 12.1 Å². The Bertz CT molecular complexity index is 494. The average molecular weight is 221 g/mol. The summed E-state index contributed by atoms with van der Waals surface area (Å²) < 4.78 is 31.2. The second-order valence-electron chi connectivity index (χ2n) is 3.21. The summed E-state index contributed by atoms with van der Waals surface area (Å²) >= 11 is 0. The number of aromatic nitrogens is 1. The van der Waals surface area contributed by atoms with E-state index in [1.807, 2.05) is 0 Å². The molecule has 0 fully saturated rings. The highest BCUT2D eigenvalue weighted by molar-refractivity contribution is 5.66. The molecule has 0 bridgehead atoms.